The molecule has 0 aliphatic heterocycles. The molecule has 26 heavy (non-hydrogen) atoms. The Morgan fingerprint density at radius 3 is 2.85 bits per heavy atom. The molecule has 0 spiro atoms. The Morgan fingerprint density at radius 2 is 2.12 bits per heavy atom. The number of rotatable bonds is 6. The van der Waals surface area contributed by atoms with Gasteiger partial charge in [0, 0.05) is 11.6 Å². The third-order valence-electron chi connectivity index (χ3n) is 3.24. The molecule has 3 aromatic heterocycles. The van der Waals surface area contributed by atoms with Crippen molar-refractivity contribution in [3.05, 3.63) is 46.9 Å². The standard InChI is InChI=1S/C17H16N4O4S/c1-3-24-16(23)12-6-7-18-17(20-12)21-14(22)8-11-9-26-15(19-11)13-5-4-10(2)25-13/h4-7,9H,3,8H2,1-2H3,(H,18,20,21,22). The molecule has 1 amide bonds. The molecule has 134 valence electrons. The molecule has 0 saturated heterocycles. The quantitative estimate of drug-likeness (QED) is 0.663. The number of hydrogen-bond donors (Lipinski definition) is 1. The van der Waals surface area contributed by atoms with E-state index in [2.05, 4.69) is 20.3 Å². The maximum Gasteiger partial charge on any atom is 0.357 e. The van der Waals surface area contributed by atoms with Crippen molar-refractivity contribution in [3.63, 3.8) is 0 Å². The lowest BCUT2D eigenvalue weighted by molar-refractivity contribution is -0.115. The first-order chi connectivity index (χ1) is 12.5. The number of amides is 1. The van der Waals surface area contributed by atoms with Crippen molar-refractivity contribution < 1.29 is 18.7 Å². The average Bonchev–Trinajstić information content (AvgIpc) is 3.24. The summed E-state index contributed by atoms with van der Waals surface area (Å²) in [7, 11) is 0. The van der Waals surface area contributed by atoms with Crippen LogP contribution in [0.1, 0.15) is 28.9 Å². The number of furan rings is 1. The fourth-order valence-corrected chi connectivity index (χ4v) is 2.90. The lowest BCUT2D eigenvalue weighted by atomic mass is 10.3. The van der Waals surface area contributed by atoms with Crippen LogP contribution in [0.5, 0.6) is 0 Å². The third-order valence-corrected chi connectivity index (χ3v) is 4.14. The fraction of sp³-hybridized carbons (Fsp3) is 0.235. The van der Waals surface area contributed by atoms with Crippen molar-refractivity contribution in [1.29, 1.82) is 0 Å². The zero-order valence-corrected chi connectivity index (χ0v) is 15.0. The fourth-order valence-electron chi connectivity index (χ4n) is 2.12. The molecule has 1 N–H and O–H groups in total. The van der Waals surface area contributed by atoms with Gasteiger partial charge in [0.1, 0.15) is 5.76 Å². The Bertz CT molecular complexity index is 934. The summed E-state index contributed by atoms with van der Waals surface area (Å²) in [4.78, 5) is 36.2. The Balaban J connectivity index is 1.63. The van der Waals surface area contributed by atoms with Crippen LogP contribution in [-0.2, 0) is 16.0 Å². The second-order valence-electron chi connectivity index (χ2n) is 5.27. The highest BCUT2D eigenvalue weighted by Gasteiger charge is 2.14. The Labute approximate surface area is 153 Å². The number of carbonyl (C=O) groups excluding carboxylic acids is 2. The lowest BCUT2D eigenvalue weighted by Gasteiger charge is -2.04. The van der Waals surface area contributed by atoms with Crippen LogP contribution in [0, 0.1) is 6.92 Å². The first kappa shape index (κ1) is 17.7. The van der Waals surface area contributed by atoms with Crippen LogP contribution in [0.4, 0.5) is 5.95 Å². The number of ether oxygens (including phenoxy) is 1. The summed E-state index contributed by atoms with van der Waals surface area (Å²) in [5.41, 5.74) is 0.694. The number of nitrogens with zero attached hydrogens (tertiary/aromatic N) is 3. The van der Waals surface area contributed by atoms with Crippen LogP contribution >= 0.6 is 11.3 Å². The molecule has 0 unspecified atom stereocenters. The minimum atomic E-state index is -0.566. The van der Waals surface area contributed by atoms with E-state index in [0.29, 0.717) is 16.5 Å². The third kappa shape index (κ3) is 4.31. The van der Waals surface area contributed by atoms with Gasteiger partial charge in [-0.05, 0) is 32.0 Å². The first-order valence-corrected chi connectivity index (χ1v) is 8.74. The summed E-state index contributed by atoms with van der Waals surface area (Å²) in [5.74, 6) is 0.609. The van der Waals surface area contributed by atoms with Crippen LogP contribution in [0.3, 0.4) is 0 Å². The van der Waals surface area contributed by atoms with Gasteiger partial charge in [-0.3, -0.25) is 10.1 Å². The lowest BCUT2D eigenvalue weighted by Crippen LogP contribution is -2.18. The second-order valence-corrected chi connectivity index (χ2v) is 6.12. The van der Waals surface area contributed by atoms with Gasteiger partial charge in [-0.2, -0.15) is 0 Å². The van der Waals surface area contributed by atoms with Gasteiger partial charge in [0.2, 0.25) is 11.9 Å². The van der Waals surface area contributed by atoms with Gasteiger partial charge in [-0.15, -0.1) is 11.3 Å². The number of aromatic nitrogens is 3. The van der Waals surface area contributed by atoms with Crippen molar-refractivity contribution in [2.75, 3.05) is 11.9 Å². The van der Waals surface area contributed by atoms with E-state index in [1.54, 1.807) is 12.3 Å². The largest absolute Gasteiger partial charge is 0.461 e. The topological polar surface area (TPSA) is 107 Å². The van der Waals surface area contributed by atoms with Crippen LogP contribution in [0.25, 0.3) is 10.8 Å². The van der Waals surface area contributed by atoms with Gasteiger partial charge in [0.05, 0.1) is 18.7 Å². The van der Waals surface area contributed by atoms with E-state index in [1.807, 2.05) is 19.1 Å². The molecule has 3 heterocycles. The van der Waals surface area contributed by atoms with Crippen LogP contribution in [0.15, 0.2) is 34.2 Å². The summed E-state index contributed by atoms with van der Waals surface area (Å²) in [6.45, 7) is 3.80. The summed E-state index contributed by atoms with van der Waals surface area (Å²) in [6, 6.07) is 5.12. The molecular weight excluding hydrogens is 356 g/mol. The van der Waals surface area contributed by atoms with Crippen LogP contribution in [0.2, 0.25) is 0 Å². The number of anilines is 1. The molecule has 0 fully saturated rings. The SMILES string of the molecule is CCOC(=O)c1ccnc(NC(=O)Cc2csc(-c3ccc(C)o3)n2)n1. The Morgan fingerprint density at radius 1 is 1.27 bits per heavy atom. The number of esters is 1. The van der Waals surface area contributed by atoms with Crippen LogP contribution < -0.4 is 5.32 Å². The van der Waals surface area contributed by atoms with E-state index in [-0.39, 0.29) is 30.6 Å². The summed E-state index contributed by atoms with van der Waals surface area (Å²) in [5, 5.41) is 5.06. The number of hydrogen-bond acceptors (Lipinski definition) is 8. The van der Waals surface area contributed by atoms with E-state index >= 15 is 0 Å². The molecule has 0 atom stereocenters. The number of carbonyl (C=O) groups is 2. The summed E-state index contributed by atoms with van der Waals surface area (Å²) < 4.78 is 10.4. The first-order valence-electron chi connectivity index (χ1n) is 7.86. The van der Waals surface area contributed by atoms with Gasteiger partial charge >= 0.3 is 5.97 Å². The molecule has 3 rings (SSSR count). The normalized spacial score (nSPS) is 10.5. The predicted octanol–water partition coefficient (Wildman–Crippen LogP) is 2.86. The average molecular weight is 372 g/mol. The van der Waals surface area contributed by atoms with E-state index in [9.17, 15) is 9.59 Å². The number of aryl methyl sites for hydroxylation is 1. The minimum absolute atomic E-state index is 0.0395. The van der Waals surface area contributed by atoms with Gasteiger partial charge in [-0.25, -0.2) is 19.7 Å². The molecule has 0 saturated carbocycles. The highest BCUT2D eigenvalue weighted by molar-refractivity contribution is 7.13. The number of thiazole rings is 1. The summed E-state index contributed by atoms with van der Waals surface area (Å²) in [6.07, 6.45) is 1.44. The molecule has 0 bridgehead atoms. The Kier molecular flexibility index (Phi) is 5.37. The zero-order valence-electron chi connectivity index (χ0n) is 14.2. The van der Waals surface area contributed by atoms with E-state index in [1.165, 1.54) is 23.6 Å². The van der Waals surface area contributed by atoms with Crippen molar-refractivity contribution in [3.8, 4) is 10.8 Å². The number of nitrogens with one attached hydrogen (secondary N) is 1. The van der Waals surface area contributed by atoms with Gasteiger partial charge in [-0.1, -0.05) is 0 Å². The van der Waals surface area contributed by atoms with Crippen molar-refractivity contribution in [2.24, 2.45) is 0 Å². The molecule has 9 heteroatoms. The molecule has 0 aliphatic carbocycles. The minimum Gasteiger partial charge on any atom is -0.461 e. The predicted molar refractivity (Wildman–Crippen MR) is 94.9 cm³/mol. The van der Waals surface area contributed by atoms with E-state index < -0.39 is 5.97 Å². The summed E-state index contributed by atoms with van der Waals surface area (Å²) >= 11 is 1.40. The smallest absolute Gasteiger partial charge is 0.357 e. The highest BCUT2D eigenvalue weighted by Crippen LogP contribution is 2.25. The molecular formula is C17H16N4O4S. The van der Waals surface area contributed by atoms with E-state index in [0.717, 1.165) is 5.76 Å². The molecule has 3 aromatic rings. The van der Waals surface area contributed by atoms with Gasteiger partial charge in [0.15, 0.2) is 16.5 Å². The molecule has 8 nitrogen and oxygen atoms in total. The van der Waals surface area contributed by atoms with Crippen molar-refractivity contribution in [1.82, 2.24) is 15.0 Å². The second kappa shape index (κ2) is 7.87. The molecule has 0 radical (unpaired) electrons. The maximum absolute atomic E-state index is 12.2. The zero-order chi connectivity index (χ0) is 18.5. The van der Waals surface area contributed by atoms with Gasteiger partial charge < -0.3 is 9.15 Å². The maximum atomic E-state index is 12.2. The Hall–Kier alpha value is -3.07. The van der Waals surface area contributed by atoms with Crippen molar-refractivity contribution >= 4 is 29.2 Å². The highest BCUT2D eigenvalue weighted by atomic mass is 32.1. The van der Waals surface area contributed by atoms with Crippen molar-refractivity contribution in [2.45, 2.75) is 20.3 Å². The van der Waals surface area contributed by atoms with Crippen LogP contribution in [-0.4, -0.2) is 33.4 Å². The molecule has 0 aromatic carbocycles. The molecule has 0 aliphatic rings. The van der Waals surface area contributed by atoms with E-state index in [4.69, 9.17) is 9.15 Å². The monoisotopic (exact) mass is 372 g/mol. The van der Waals surface area contributed by atoms with Gasteiger partial charge in [0.25, 0.3) is 0 Å².